The average molecular weight is 615 g/mol. The number of para-hydroxylation sites is 2. The molecule has 6 heteroatoms. The molecular weight excluding hydrogens is 589 g/mol. The Bertz CT molecular complexity index is 2480. The van der Waals surface area contributed by atoms with E-state index in [1.54, 1.807) is 22.7 Å². The van der Waals surface area contributed by atoms with Gasteiger partial charge in [0.15, 0.2) is 0 Å². The summed E-state index contributed by atoms with van der Waals surface area (Å²) in [7, 11) is 2.10. The lowest BCUT2D eigenvalue weighted by Gasteiger charge is -2.11. The molecule has 0 aliphatic rings. The van der Waals surface area contributed by atoms with Crippen LogP contribution in [0.3, 0.4) is 0 Å². The molecule has 0 N–H and O–H groups in total. The molecule has 0 saturated carbocycles. The van der Waals surface area contributed by atoms with Crippen molar-refractivity contribution in [3.05, 3.63) is 138 Å². The van der Waals surface area contributed by atoms with Crippen LogP contribution in [0.15, 0.2) is 138 Å². The Morgan fingerprint density at radius 3 is 2.13 bits per heavy atom. The molecule has 0 fully saturated rings. The number of aryl methyl sites for hydroxylation is 1. The standard InChI is InChI=1S/C39H26N4S2/c1-42-35-10-3-2-9-33(35)41-39(42)27-13-16-30-31-22-26(37-11-5-19-44-37)15-18-34(31)43(36(30)23-27)29-8-4-7-25(21-29)32-17-14-28(24-40-32)38-12-6-20-45-38/h2-24H,1H3. The lowest BCUT2D eigenvalue weighted by Crippen LogP contribution is -1.96. The molecule has 0 bridgehead atoms. The molecule has 0 unspecified atom stereocenters. The van der Waals surface area contributed by atoms with Crippen LogP contribution in [0.25, 0.3) is 82.1 Å². The van der Waals surface area contributed by atoms with Crippen LogP contribution in [-0.4, -0.2) is 19.1 Å². The maximum Gasteiger partial charge on any atom is 0.140 e. The summed E-state index contributed by atoms with van der Waals surface area (Å²) in [4.78, 5) is 12.4. The topological polar surface area (TPSA) is 35.6 Å². The largest absolute Gasteiger partial charge is 0.327 e. The molecule has 5 heterocycles. The second-order valence-corrected chi connectivity index (χ2v) is 13.1. The maximum atomic E-state index is 5.02. The van der Waals surface area contributed by atoms with Crippen LogP contribution in [0.1, 0.15) is 0 Å². The van der Waals surface area contributed by atoms with Gasteiger partial charge in [-0.25, -0.2) is 4.98 Å². The van der Waals surface area contributed by atoms with Gasteiger partial charge in [0.1, 0.15) is 5.82 Å². The van der Waals surface area contributed by atoms with Gasteiger partial charge in [0.05, 0.1) is 27.8 Å². The second-order valence-electron chi connectivity index (χ2n) is 11.2. The van der Waals surface area contributed by atoms with E-state index >= 15 is 0 Å². The van der Waals surface area contributed by atoms with Crippen LogP contribution in [-0.2, 0) is 7.05 Å². The van der Waals surface area contributed by atoms with Crippen molar-refractivity contribution in [2.45, 2.75) is 0 Å². The van der Waals surface area contributed by atoms with Gasteiger partial charge in [0.2, 0.25) is 0 Å². The van der Waals surface area contributed by atoms with Crippen molar-refractivity contribution in [3.8, 4) is 49.2 Å². The van der Waals surface area contributed by atoms with Crippen molar-refractivity contribution in [2.24, 2.45) is 7.05 Å². The van der Waals surface area contributed by atoms with Crippen molar-refractivity contribution < 1.29 is 0 Å². The molecule has 4 nitrogen and oxygen atoms in total. The van der Waals surface area contributed by atoms with Gasteiger partial charge in [-0.05, 0) is 83.1 Å². The molecule has 0 aliphatic carbocycles. The van der Waals surface area contributed by atoms with Gasteiger partial charge in [-0.15, -0.1) is 22.7 Å². The van der Waals surface area contributed by atoms with Crippen LogP contribution >= 0.6 is 22.7 Å². The van der Waals surface area contributed by atoms with Crippen molar-refractivity contribution >= 4 is 55.5 Å². The minimum atomic E-state index is 0.956. The Labute approximate surface area is 268 Å². The van der Waals surface area contributed by atoms with Crippen LogP contribution in [0.4, 0.5) is 0 Å². The highest BCUT2D eigenvalue weighted by atomic mass is 32.1. The zero-order valence-electron chi connectivity index (χ0n) is 24.4. The Morgan fingerprint density at radius 1 is 0.556 bits per heavy atom. The van der Waals surface area contributed by atoms with Crippen LogP contribution in [0.5, 0.6) is 0 Å². The first-order valence-corrected chi connectivity index (χ1v) is 16.6. The highest BCUT2D eigenvalue weighted by molar-refractivity contribution is 7.13. The molecule has 0 radical (unpaired) electrons. The molecule has 214 valence electrons. The normalized spacial score (nSPS) is 11.7. The van der Waals surface area contributed by atoms with E-state index in [4.69, 9.17) is 9.97 Å². The Balaban J connectivity index is 1.24. The summed E-state index contributed by atoms with van der Waals surface area (Å²) < 4.78 is 4.57. The zero-order valence-corrected chi connectivity index (χ0v) is 26.0. The summed E-state index contributed by atoms with van der Waals surface area (Å²) in [6.45, 7) is 0. The minimum absolute atomic E-state index is 0.956. The lowest BCUT2D eigenvalue weighted by atomic mass is 10.1. The Morgan fingerprint density at radius 2 is 1.36 bits per heavy atom. The third-order valence-electron chi connectivity index (χ3n) is 8.59. The number of hydrogen-bond donors (Lipinski definition) is 0. The van der Waals surface area contributed by atoms with Gasteiger partial charge < -0.3 is 9.13 Å². The molecule has 0 aliphatic heterocycles. The van der Waals surface area contributed by atoms with E-state index < -0.39 is 0 Å². The number of rotatable bonds is 5. The quantitative estimate of drug-likeness (QED) is 0.193. The fraction of sp³-hybridized carbons (Fsp3) is 0.0256. The van der Waals surface area contributed by atoms with Gasteiger partial charge in [-0.3, -0.25) is 4.98 Å². The predicted molar refractivity (Wildman–Crippen MR) is 190 cm³/mol. The highest BCUT2D eigenvalue weighted by Gasteiger charge is 2.17. The second kappa shape index (κ2) is 10.4. The van der Waals surface area contributed by atoms with Gasteiger partial charge in [0, 0.05) is 56.1 Å². The van der Waals surface area contributed by atoms with E-state index in [0.717, 1.165) is 50.4 Å². The third-order valence-corrected chi connectivity index (χ3v) is 10.4. The molecular formula is C39H26N4S2. The summed E-state index contributed by atoms with van der Waals surface area (Å²) in [6, 6.07) is 43.4. The number of fused-ring (bicyclic) bond motifs is 4. The minimum Gasteiger partial charge on any atom is -0.327 e. The molecule has 5 aromatic heterocycles. The number of benzene rings is 4. The first-order valence-electron chi connectivity index (χ1n) is 14.9. The number of nitrogens with zero attached hydrogens (tertiary/aromatic N) is 4. The highest BCUT2D eigenvalue weighted by Crippen LogP contribution is 2.38. The lowest BCUT2D eigenvalue weighted by molar-refractivity contribution is 0.959. The number of thiophene rings is 2. The van der Waals surface area contributed by atoms with Gasteiger partial charge in [0.25, 0.3) is 0 Å². The first kappa shape index (κ1) is 26.1. The monoisotopic (exact) mass is 614 g/mol. The van der Waals surface area contributed by atoms with Crippen LogP contribution < -0.4 is 0 Å². The summed E-state index contributed by atoms with van der Waals surface area (Å²) in [6.07, 6.45) is 1.98. The summed E-state index contributed by atoms with van der Waals surface area (Å²) in [5.74, 6) is 0.956. The van der Waals surface area contributed by atoms with Crippen molar-refractivity contribution in [2.75, 3.05) is 0 Å². The van der Waals surface area contributed by atoms with Gasteiger partial charge in [-0.2, -0.15) is 0 Å². The Kier molecular flexibility index (Phi) is 6.04. The van der Waals surface area contributed by atoms with E-state index in [9.17, 15) is 0 Å². The fourth-order valence-corrected chi connectivity index (χ4v) is 7.84. The molecule has 4 aromatic carbocycles. The van der Waals surface area contributed by atoms with E-state index in [1.165, 1.54) is 31.6 Å². The smallest absolute Gasteiger partial charge is 0.140 e. The molecule has 0 atom stereocenters. The summed E-state index contributed by atoms with van der Waals surface area (Å²) in [5, 5.41) is 6.69. The SMILES string of the molecule is Cn1c(-c2ccc3c4cc(-c5cccs5)ccc4n(-c4cccc(-c5ccc(-c6cccs6)cn5)c4)c3c2)nc2ccccc21. The summed E-state index contributed by atoms with van der Waals surface area (Å²) in [5.41, 5.74) is 11.1. The maximum absolute atomic E-state index is 5.02. The number of imidazole rings is 1. The number of aromatic nitrogens is 4. The zero-order chi connectivity index (χ0) is 29.9. The van der Waals surface area contributed by atoms with Crippen LogP contribution in [0, 0.1) is 0 Å². The molecule has 0 amide bonds. The average Bonchev–Trinajstić information content (AvgIpc) is 3.91. The molecule has 0 spiro atoms. The third kappa shape index (κ3) is 4.33. The van der Waals surface area contributed by atoms with E-state index in [-0.39, 0.29) is 0 Å². The fourth-order valence-electron chi connectivity index (χ4n) is 6.40. The van der Waals surface area contributed by atoms with Gasteiger partial charge in [-0.1, -0.05) is 54.6 Å². The van der Waals surface area contributed by atoms with E-state index in [2.05, 4.69) is 142 Å². The predicted octanol–water partition coefficient (Wildman–Crippen LogP) is 10.9. The van der Waals surface area contributed by atoms with Crippen LogP contribution in [0.2, 0.25) is 0 Å². The number of hydrogen-bond acceptors (Lipinski definition) is 4. The Hall–Kier alpha value is -5.30. The number of pyridine rings is 1. The first-order chi connectivity index (χ1) is 22.2. The summed E-state index contributed by atoms with van der Waals surface area (Å²) >= 11 is 3.51. The van der Waals surface area contributed by atoms with Gasteiger partial charge >= 0.3 is 0 Å². The molecule has 0 saturated heterocycles. The van der Waals surface area contributed by atoms with Crippen molar-refractivity contribution in [1.29, 1.82) is 0 Å². The molecule has 9 rings (SSSR count). The molecule has 9 aromatic rings. The molecule has 45 heavy (non-hydrogen) atoms. The van der Waals surface area contributed by atoms with Crippen molar-refractivity contribution in [1.82, 2.24) is 19.1 Å². The van der Waals surface area contributed by atoms with E-state index in [0.29, 0.717) is 0 Å². The van der Waals surface area contributed by atoms with Crippen molar-refractivity contribution in [3.63, 3.8) is 0 Å². The van der Waals surface area contributed by atoms with E-state index in [1.807, 2.05) is 12.3 Å².